The average Bonchev–Trinajstić information content (AvgIpc) is 2.86. The molecule has 0 spiro atoms. The molecule has 15 heavy (non-hydrogen) atoms. The van der Waals surface area contributed by atoms with Crippen molar-refractivity contribution in [3.63, 3.8) is 0 Å². The molecule has 0 bridgehead atoms. The lowest BCUT2D eigenvalue weighted by Gasteiger charge is -2.15. The van der Waals surface area contributed by atoms with Gasteiger partial charge in [-0.3, -0.25) is 0 Å². The predicted molar refractivity (Wildman–Crippen MR) is 70.9 cm³/mol. The molecule has 1 aromatic rings. The summed E-state index contributed by atoms with van der Waals surface area (Å²) in [6, 6.07) is 4.99. The van der Waals surface area contributed by atoms with E-state index in [0.29, 0.717) is 6.04 Å². The summed E-state index contributed by atoms with van der Waals surface area (Å²) >= 11 is 3.97. The monoisotopic (exact) mass is 241 g/mol. The molecule has 84 valence electrons. The third-order valence-electron chi connectivity index (χ3n) is 2.87. The lowest BCUT2D eigenvalue weighted by molar-refractivity contribution is 0.467. The molecule has 2 atom stereocenters. The maximum Gasteiger partial charge on any atom is 0.00871 e. The molecule has 2 unspecified atom stereocenters. The van der Waals surface area contributed by atoms with Gasteiger partial charge in [0.25, 0.3) is 0 Å². The van der Waals surface area contributed by atoms with E-state index in [1.54, 1.807) is 0 Å². The van der Waals surface area contributed by atoms with Crippen molar-refractivity contribution in [2.24, 2.45) is 5.92 Å². The number of hydrogen-bond acceptors (Lipinski definition) is 3. The minimum atomic E-state index is 0.620. The van der Waals surface area contributed by atoms with Crippen LogP contribution in [0.25, 0.3) is 0 Å². The maximum absolute atomic E-state index is 3.66. The van der Waals surface area contributed by atoms with E-state index in [1.165, 1.54) is 35.8 Å². The topological polar surface area (TPSA) is 12.0 Å². The molecule has 0 amide bonds. The third-order valence-corrected chi connectivity index (χ3v) is 5.00. The van der Waals surface area contributed by atoms with Crippen LogP contribution in [0.2, 0.25) is 0 Å². The standard InChI is InChI=1S/C12H19NS2/c1-10(7-12-3-2-5-15-12)13-8-11-4-6-14-9-11/h2-3,5,10-11,13H,4,6-9H2,1H3. The number of rotatable bonds is 5. The van der Waals surface area contributed by atoms with Crippen molar-refractivity contribution in [3.8, 4) is 0 Å². The molecule has 3 heteroatoms. The van der Waals surface area contributed by atoms with Crippen molar-refractivity contribution >= 4 is 23.1 Å². The van der Waals surface area contributed by atoms with Crippen LogP contribution in [-0.2, 0) is 6.42 Å². The number of nitrogens with one attached hydrogen (secondary N) is 1. The molecule has 1 aromatic heterocycles. The highest BCUT2D eigenvalue weighted by atomic mass is 32.2. The molecule has 1 nitrogen and oxygen atoms in total. The van der Waals surface area contributed by atoms with Crippen LogP contribution in [0.5, 0.6) is 0 Å². The fourth-order valence-electron chi connectivity index (χ4n) is 1.91. The largest absolute Gasteiger partial charge is 0.314 e. The van der Waals surface area contributed by atoms with E-state index < -0.39 is 0 Å². The molecule has 1 fully saturated rings. The van der Waals surface area contributed by atoms with Crippen LogP contribution in [0, 0.1) is 5.92 Å². The van der Waals surface area contributed by atoms with Gasteiger partial charge >= 0.3 is 0 Å². The van der Waals surface area contributed by atoms with Crippen molar-refractivity contribution < 1.29 is 0 Å². The van der Waals surface area contributed by atoms with Crippen LogP contribution in [0.1, 0.15) is 18.2 Å². The molecule has 1 aliphatic rings. The highest BCUT2D eigenvalue weighted by Gasteiger charge is 2.15. The molecule has 1 N–H and O–H groups in total. The average molecular weight is 241 g/mol. The molecular formula is C12H19NS2. The third kappa shape index (κ3) is 3.82. The molecule has 1 saturated heterocycles. The highest BCUT2D eigenvalue weighted by molar-refractivity contribution is 7.99. The quantitative estimate of drug-likeness (QED) is 0.850. The normalized spacial score (nSPS) is 23.1. The number of thioether (sulfide) groups is 1. The van der Waals surface area contributed by atoms with Gasteiger partial charge in [0.05, 0.1) is 0 Å². The first-order valence-corrected chi connectivity index (χ1v) is 7.71. The molecule has 2 heterocycles. The summed E-state index contributed by atoms with van der Waals surface area (Å²) in [7, 11) is 0. The zero-order chi connectivity index (χ0) is 10.5. The predicted octanol–water partition coefficient (Wildman–Crippen LogP) is 3.02. The molecule has 0 radical (unpaired) electrons. The molecule has 1 aliphatic heterocycles. The first kappa shape index (κ1) is 11.5. The summed E-state index contributed by atoms with van der Waals surface area (Å²) < 4.78 is 0. The van der Waals surface area contributed by atoms with Crippen LogP contribution >= 0.6 is 23.1 Å². The number of thiophene rings is 1. The highest BCUT2D eigenvalue weighted by Crippen LogP contribution is 2.22. The lowest BCUT2D eigenvalue weighted by Crippen LogP contribution is -2.32. The summed E-state index contributed by atoms with van der Waals surface area (Å²) in [6.45, 7) is 3.50. The van der Waals surface area contributed by atoms with Gasteiger partial charge in [0.15, 0.2) is 0 Å². The zero-order valence-corrected chi connectivity index (χ0v) is 10.9. The van der Waals surface area contributed by atoms with E-state index in [0.717, 1.165) is 5.92 Å². The van der Waals surface area contributed by atoms with Gasteiger partial charge in [0.2, 0.25) is 0 Å². The fraction of sp³-hybridized carbons (Fsp3) is 0.667. The summed E-state index contributed by atoms with van der Waals surface area (Å²) in [5, 5.41) is 5.82. The van der Waals surface area contributed by atoms with Crippen molar-refractivity contribution in [3.05, 3.63) is 22.4 Å². The smallest absolute Gasteiger partial charge is 0.00871 e. The first-order chi connectivity index (χ1) is 7.34. The molecule has 0 aromatic carbocycles. The SMILES string of the molecule is CC(Cc1cccs1)NCC1CCSC1. The first-order valence-electron chi connectivity index (χ1n) is 5.68. The van der Waals surface area contributed by atoms with Crippen LogP contribution < -0.4 is 5.32 Å². The summed E-state index contributed by atoms with van der Waals surface area (Å²) in [4.78, 5) is 1.50. The summed E-state index contributed by atoms with van der Waals surface area (Å²) in [5.74, 6) is 3.64. The second-order valence-electron chi connectivity index (χ2n) is 4.32. The van der Waals surface area contributed by atoms with E-state index in [-0.39, 0.29) is 0 Å². The van der Waals surface area contributed by atoms with Crippen LogP contribution in [0.4, 0.5) is 0 Å². The maximum atomic E-state index is 3.66. The van der Waals surface area contributed by atoms with Crippen LogP contribution in [0.15, 0.2) is 17.5 Å². The van der Waals surface area contributed by atoms with Gasteiger partial charge < -0.3 is 5.32 Å². The molecule has 0 saturated carbocycles. The Hall–Kier alpha value is 0.01000. The molecule has 0 aliphatic carbocycles. The molecular weight excluding hydrogens is 222 g/mol. The second-order valence-corrected chi connectivity index (χ2v) is 6.50. The lowest BCUT2D eigenvalue weighted by atomic mass is 10.1. The second kappa shape index (κ2) is 5.92. The Balaban J connectivity index is 1.66. The van der Waals surface area contributed by atoms with Crippen molar-refractivity contribution in [1.29, 1.82) is 0 Å². The van der Waals surface area contributed by atoms with E-state index in [4.69, 9.17) is 0 Å². The summed E-state index contributed by atoms with van der Waals surface area (Å²) in [5.41, 5.74) is 0. The number of hydrogen-bond donors (Lipinski definition) is 1. The summed E-state index contributed by atoms with van der Waals surface area (Å²) in [6.07, 6.45) is 2.58. The van der Waals surface area contributed by atoms with Crippen LogP contribution in [0.3, 0.4) is 0 Å². The Kier molecular flexibility index (Phi) is 4.54. The Morgan fingerprint density at radius 1 is 1.60 bits per heavy atom. The fourth-order valence-corrected chi connectivity index (χ4v) is 4.03. The van der Waals surface area contributed by atoms with Gasteiger partial charge in [0, 0.05) is 10.9 Å². The van der Waals surface area contributed by atoms with Crippen molar-refractivity contribution in [1.82, 2.24) is 5.32 Å². The minimum Gasteiger partial charge on any atom is -0.314 e. The minimum absolute atomic E-state index is 0.620. The van der Waals surface area contributed by atoms with Crippen molar-refractivity contribution in [2.75, 3.05) is 18.1 Å². The van der Waals surface area contributed by atoms with Gasteiger partial charge in [0.1, 0.15) is 0 Å². The Bertz CT molecular complexity index is 265. The van der Waals surface area contributed by atoms with Crippen molar-refractivity contribution in [2.45, 2.75) is 25.8 Å². The Labute approximate surface area is 101 Å². The van der Waals surface area contributed by atoms with Gasteiger partial charge in [-0.25, -0.2) is 0 Å². The van der Waals surface area contributed by atoms with Gasteiger partial charge in [-0.05, 0) is 55.2 Å². The Morgan fingerprint density at radius 3 is 3.20 bits per heavy atom. The Morgan fingerprint density at radius 2 is 2.53 bits per heavy atom. The van der Waals surface area contributed by atoms with E-state index in [1.807, 2.05) is 11.3 Å². The zero-order valence-electron chi connectivity index (χ0n) is 9.24. The van der Waals surface area contributed by atoms with Gasteiger partial charge in [-0.15, -0.1) is 11.3 Å². The van der Waals surface area contributed by atoms with Gasteiger partial charge in [-0.1, -0.05) is 6.07 Å². The van der Waals surface area contributed by atoms with E-state index in [2.05, 4.69) is 41.5 Å². The van der Waals surface area contributed by atoms with Gasteiger partial charge in [-0.2, -0.15) is 11.8 Å². The molecule has 2 rings (SSSR count). The van der Waals surface area contributed by atoms with E-state index in [9.17, 15) is 0 Å². The van der Waals surface area contributed by atoms with Crippen LogP contribution in [-0.4, -0.2) is 24.1 Å². The van der Waals surface area contributed by atoms with E-state index >= 15 is 0 Å².